The number of halogens is 2. The van der Waals surface area contributed by atoms with Crippen molar-refractivity contribution in [2.24, 2.45) is 0 Å². The molecule has 0 spiro atoms. The third kappa shape index (κ3) is 4.08. The third-order valence-electron chi connectivity index (χ3n) is 1.85. The Labute approximate surface area is 120 Å². The minimum Gasteiger partial charge on any atom is -0.347 e. The van der Waals surface area contributed by atoms with Gasteiger partial charge in [-0.15, -0.1) is 0 Å². The first kappa shape index (κ1) is 14.1. The molecule has 0 heterocycles. The Balaban J connectivity index is 2.95. The van der Waals surface area contributed by atoms with Gasteiger partial charge in [-0.1, -0.05) is 22.5 Å². The molecular weight excluding hydrogens is 403 g/mol. The smallest absolute Gasteiger partial charge is 0.270 e. The lowest BCUT2D eigenvalue weighted by Crippen LogP contribution is -2.25. The number of carbonyl (C=O) groups is 1. The van der Waals surface area contributed by atoms with Gasteiger partial charge in [0.25, 0.3) is 11.6 Å². The van der Waals surface area contributed by atoms with Crippen LogP contribution in [0.4, 0.5) is 5.69 Å². The average Bonchev–Trinajstić information content (AvgIpc) is 2.26. The molecule has 0 aliphatic heterocycles. The summed E-state index contributed by atoms with van der Waals surface area (Å²) < 4.78 is 1.29. The lowest BCUT2D eigenvalue weighted by Gasteiger charge is -2.05. The van der Waals surface area contributed by atoms with E-state index in [-0.39, 0.29) is 23.7 Å². The van der Waals surface area contributed by atoms with Crippen LogP contribution in [0.3, 0.4) is 0 Å². The van der Waals surface area contributed by atoms with Crippen LogP contribution in [-0.4, -0.2) is 17.4 Å². The summed E-state index contributed by atoms with van der Waals surface area (Å²) in [5.74, 6) is -0.362. The van der Waals surface area contributed by atoms with E-state index in [0.29, 0.717) is 8.05 Å². The number of non-ortho nitro benzene ring substituents is 1. The van der Waals surface area contributed by atoms with Crippen molar-refractivity contribution in [2.75, 3.05) is 6.54 Å². The van der Waals surface area contributed by atoms with Gasteiger partial charge in [-0.3, -0.25) is 14.9 Å². The van der Waals surface area contributed by atoms with Gasteiger partial charge in [0.15, 0.2) is 0 Å². The number of benzene rings is 1. The number of carbonyl (C=O) groups excluding carboxylic acids is 1. The quantitative estimate of drug-likeness (QED) is 0.471. The molecule has 1 N–H and O–H groups in total. The molecule has 17 heavy (non-hydrogen) atoms. The summed E-state index contributed by atoms with van der Waals surface area (Å²) in [7, 11) is 0. The molecule has 1 amide bonds. The Hall–Kier alpha value is -0.960. The maximum atomic E-state index is 11.7. The van der Waals surface area contributed by atoms with Crippen molar-refractivity contribution >= 4 is 50.1 Å². The van der Waals surface area contributed by atoms with Gasteiger partial charge in [0.05, 0.1) is 10.5 Å². The molecule has 1 rings (SSSR count). The molecule has 0 unspecified atom stereocenters. The predicted octanol–water partition coefficient (Wildman–Crippen LogP) is 2.84. The standard InChI is InChI=1S/C10H8BrIN2O3/c1-6(11)5-13-10(15)8-4-7(14(16)17)2-3-9(8)12/h2-4H,1,5H2,(H,13,15). The first-order valence-electron chi connectivity index (χ1n) is 4.47. The highest BCUT2D eigenvalue weighted by Gasteiger charge is 2.15. The van der Waals surface area contributed by atoms with E-state index in [2.05, 4.69) is 27.8 Å². The molecular formula is C10H8BrIN2O3. The average molecular weight is 411 g/mol. The number of nitrogens with one attached hydrogen (secondary N) is 1. The zero-order valence-electron chi connectivity index (χ0n) is 8.57. The van der Waals surface area contributed by atoms with Crippen molar-refractivity contribution in [3.8, 4) is 0 Å². The number of nitro groups is 1. The Bertz CT molecular complexity index is 490. The molecule has 90 valence electrons. The molecule has 1 aromatic carbocycles. The summed E-state index contributed by atoms with van der Waals surface area (Å²) in [6.45, 7) is 3.86. The van der Waals surface area contributed by atoms with Crippen LogP contribution in [0.5, 0.6) is 0 Å². The van der Waals surface area contributed by atoms with Gasteiger partial charge in [-0.2, -0.15) is 0 Å². The van der Waals surface area contributed by atoms with Crippen LogP contribution in [0.25, 0.3) is 0 Å². The van der Waals surface area contributed by atoms with Crippen LogP contribution in [0, 0.1) is 13.7 Å². The minimum atomic E-state index is -0.531. The summed E-state index contributed by atoms with van der Waals surface area (Å²) in [4.78, 5) is 21.8. The molecule has 0 radical (unpaired) electrons. The topological polar surface area (TPSA) is 72.2 Å². The van der Waals surface area contributed by atoms with Gasteiger partial charge in [-0.05, 0) is 28.7 Å². The van der Waals surface area contributed by atoms with E-state index in [1.807, 2.05) is 22.6 Å². The summed E-state index contributed by atoms with van der Waals surface area (Å²) >= 11 is 5.07. The van der Waals surface area contributed by atoms with Crippen molar-refractivity contribution in [2.45, 2.75) is 0 Å². The van der Waals surface area contributed by atoms with Crippen molar-refractivity contribution in [3.63, 3.8) is 0 Å². The van der Waals surface area contributed by atoms with Crippen LogP contribution in [0.15, 0.2) is 29.3 Å². The Kier molecular flexibility index (Phi) is 5.06. The Morgan fingerprint density at radius 3 is 2.76 bits per heavy atom. The van der Waals surface area contributed by atoms with Gasteiger partial charge >= 0.3 is 0 Å². The summed E-state index contributed by atoms with van der Waals surface area (Å²) in [5, 5.41) is 13.2. The molecule has 0 aliphatic rings. The van der Waals surface area contributed by atoms with Crippen molar-refractivity contribution in [3.05, 3.63) is 48.5 Å². The zero-order chi connectivity index (χ0) is 13.0. The largest absolute Gasteiger partial charge is 0.347 e. The van der Waals surface area contributed by atoms with E-state index < -0.39 is 4.92 Å². The second kappa shape index (κ2) is 6.10. The Morgan fingerprint density at radius 1 is 1.59 bits per heavy atom. The highest BCUT2D eigenvalue weighted by atomic mass is 127. The summed E-state index contributed by atoms with van der Waals surface area (Å²) in [6, 6.07) is 4.16. The predicted molar refractivity (Wildman–Crippen MR) is 76.2 cm³/mol. The number of amides is 1. The highest BCUT2D eigenvalue weighted by molar-refractivity contribution is 14.1. The van der Waals surface area contributed by atoms with Crippen molar-refractivity contribution < 1.29 is 9.72 Å². The lowest BCUT2D eigenvalue weighted by molar-refractivity contribution is -0.384. The molecule has 7 heteroatoms. The number of nitrogens with zero attached hydrogens (tertiary/aromatic N) is 1. The lowest BCUT2D eigenvalue weighted by atomic mass is 10.2. The minimum absolute atomic E-state index is 0.103. The van der Waals surface area contributed by atoms with Crippen LogP contribution >= 0.6 is 38.5 Å². The van der Waals surface area contributed by atoms with Crippen molar-refractivity contribution in [1.29, 1.82) is 0 Å². The Morgan fingerprint density at radius 2 is 2.24 bits per heavy atom. The fourth-order valence-electron chi connectivity index (χ4n) is 1.07. The third-order valence-corrected chi connectivity index (χ3v) is 3.07. The van der Waals surface area contributed by atoms with E-state index >= 15 is 0 Å². The van der Waals surface area contributed by atoms with E-state index in [1.54, 1.807) is 0 Å². The zero-order valence-corrected chi connectivity index (χ0v) is 12.3. The van der Waals surface area contributed by atoms with Crippen molar-refractivity contribution in [1.82, 2.24) is 5.32 Å². The van der Waals surface area contributed by atoms with Gasteiger partial charge in [-0.25, -0.2) is 0 Å². The normalized spacial score (nSPS) is 9.76. The molecule has 0 bridgehead atoms. The first-order valence-corrected chi connectivity index (χ1v) is 6.34. The molecule has 0 saturated heterocycles. The van der Waals surface area contributed by atoms with E-state index in [4.69, 9.17) is 0 Å². The fourth-order valence-corrected chi connectivity index (χ4v) is 1.79. The molecule has 5 nitrogen and oxygen atoms in total. The molecule has 0 aromatic heterocycles. The van der Waals surface area contributed by atoms with E-state index in [1.165, 1.54) is 18.2 Å². The van der Waals surface area contributed by atoms with Gasteiger partial charge in [0.1, 0.15) is 0 Å². The molecule has 0 aliphatic carbocycles. The SMILES string of the molecule is C=C(Br)CNC(=O)c1cc([N+](=O)[O-])ccc1I. The first-order chi connectivity index (χ1) is 7.91. The van der Waals surface area contributed by atoms with Gasteiger partial charge < -0.3 is 5.32 Å². The number of nitro benzene ring substituents is 1. The monoisotopic (exact) mass is 410 g/mol. The summed E-state index contributed by atoms with van der Waals surface area (Å²) in [6.07, 6.45) is 0. The van der Waals surface area contributed by atoms with Crippen LogP contribution in [0.1, 0.15) is 10.4 Å². The maximum Gasteiger partial charge on any atom is 0.270 e. The van der Waals surface area contributed by atoms with Crippen LogP contribution in [0.2, 0.25) is 0 Å². The summed E-state index contributed by atoms with van der Waals surface area (Å²) in [5.41, 5.74) is 0.182. The molecule has 0 atom stereocenters. The second-order valence-corrected chi connectivity index (χ2v) is 5.40. The number of hydrogen-bond donors (Lipinski definition) is 1. The molecule has 0 saturated carbocycles. The van der Waals surface area contributed by atoms with Crippen LogP contribution in [-0.2, 0) is 0 Å². The van der Waals surface area contributed by atoms with Gasteiger partial charge in [0, 0.05) is 26.7 Å². The molecule has 0 fully saturated rings. The number of hydrogen-bond acceptors (Lipinski definition) is 3. The second-order valence-electron chi connectivity index (χ2n) is 3.12. The molecule has 1 aromatic rings. The maximum absolute atomic E-state index is 11.7. The number of rotatable bonds is 4. The fraction of sp³-hybridized carbons (Fsp3) is 0.100. The van der Waals surface area contributed by atoms with E-state index in [0.717, 1.165) is 0 Å². The highest BCUT2D eigenvalue weighted by Crippen LogP contribution is 2.19. The van der Waals surface area contributed by atoms with E-state index in [9.17, 15) is 14.9 Å². The van der Waals surface area contributed by atoms with Gasteiger partial charge in [0.2, 0.25) is 0 Å². The van der Waals surface area contributed by atoms with Crippen LogP contribution < -0.4 is 5.32 Å².